The highest BCUT2D eigenvalue weighted by molar-refractivity contribution is 5.82. The smallest absolute Gasteiger partial charge is 0.0753 e. The predicted molar refractivity (Wildman–Crippen MR) is 80.4 cm³/mol. The molecule has 0 fully saturated rings. The molecule has 0 radical (unpaired) electrons. The molecule has 0 aliphatic heterocycles. The summed E-state index contributed by atoms with van der Waals surface area (Å²) < 4.78 is 1.96. The van der Waals surface area contributed by atoms with Crippen LogP contribution in [0.5, 0.6) is 0 Å². The zero-order valence-corrected chi connectivity index (χ0v) is 11.7. The van der Waals surface area contributed by atoms with Gasteiger partial charge in [-0.2, -0.15) is 5.10 Å². The van der Waals surface area contributed by atoms with Gasteiger partial charge >= 0.3 is 0 Å². The summed E-state index contributed by atoms with van der Waals surface area (Å²) in [5.74, 6) is 0. The molecule has 20 heavy (non-hydrogen) atoms. The molecule has 1 aromatic carbocycles. The zero-order valence-electron chi connectivity index (χ0n) is 11.7. The molecule has 2 N–H and O–H groups in total. The van der Waals surface area contributed by atoms with Gasteiger partial charge in [0.05, 0.1) is 22.9 Å². The van der Waals surface area contributed by atoms with Crippen LogP contribution in [0.4, 0.5) is 0 Å². The van der Waals surface area contributed by atoms with Crippen LogP contribution < -0.4 is 5.73 Å². The molecule has 102 valence electrons. The molecule has 4 nitrogen and oxygen atoms in total. The van der Waals surface area contributed by atoms with E-state index >= 15 is 0 Å². The van der Waals surface area contributed by atoms with E-state index in [9.17, 15) is 0 Å². The van der Waals surface area contributed by atoms with Crippen LogP contribution in [0, 0.1) is 6.92 Å². The minimum Gasteiger partial charge on any atom is -0.319 e. The number of rotatable bonds is 3. The van der Waals surface area contributed by atoms with Gasteiger partial charge in [0, 0.05) is 23.7 Å². The number of nitrogens with two attached hydrogens (primary N) is 1. The largest absolute Gasteiger partial charge is 0.319 e. The first-order chi connectivity index (χ1) is 9.70. The van der Waals surface area contributed by atoms with Gasteiger partial charge in [0.2, 0.25) is 0 Å². The van der Waals surface area contributed by atoms with Gasteiger partial charge in [-0.15, -0.1) is 0 Å². The standard InChI is InChI=1S/C16H18N4/c1-3-20-14(10-11(2)19-20)15(17)13-8-4-6-12-7-5-9-18-16(12)13/h4-10,15H,3,17H2,1-2H3. The van der Waals surface area contributed by atoms with Gasteiger partial charge in [-0.05, 0) is 26.0 Å². The van der Waals surface area contributed by atoms with Crippen LogP contribution in [0.1, 0.15) is 29.9 Å². The van der Waals surface area contributed by atoms with Crippen molar-refractivity contribution in [2.24, 2.45) is 5.73 Å². The molecule has 0 saturated heterocycles. The number of hydrogen-bond acceptors (Lipinski definition) is 3. The van der Waals surface area contributed by atoms with Gasteiger partial charge in [-0.25, -0.2) is 0 Å². The Balaban J connectivity index is 2.15. The summed E-state index contributed by atoms with van der Waals surface area (Å²) in [6.45, 7) is 4.88. The number of nitrogens with zero attached hydrogens (tertiary/aromatic N) is 3. The lowest BCUT2D eigenvalue weighted by Gasteiger charge is -2.15. The summed E-state index contributed by atoms with van der Waals surface area (Å²) in [5, 5.41) is 5.58. The second-order valence-corrected chi connectivity index (χ2v) is 4.93. The van der Waals surface area contributed by atoms with Crippen LogP contribution in [0.3, 0.4) is 0 Å². The van der Waals surface area contributed by atoms with Crippen molar-refractivity contribution in [2.75, 3.05) is 0 Å². The minimum atomic E-state index is -0.213. The van der Waals surface area contributed by atoms with Crippen molar-refractivity contribution in [3.05, 3.63) is 59.5 Å². The first-order valence-electron chi connectivity index (χ1n) is 6.84. The van der Waals surface area contributed by atoms with E-state index in [-0.39, 0.29) is 6.04 Å². The van der Waals surface area contributed by atoms with Crippen LogP contribution >= 0.6 is 0 Å². The summed E-state index contributed by atoms with van der Waals surface area (Å²) in [5.41, 5.74) is 10.5. The SMILES string of the molecule is CCn1nc(C)cc1C(N)c1cccc2cccnc12. The van der Waals surface area contributed by atoms with Crippen molar-refractivity contribution < 1.29 is 0 Å². The lowest BCUT2D eigenvalue weighted by molar-refractivity contribution is 0.598. The van der Waals surface area contributed by atoms with Crippen molar-refractivity contribution >= 4 is 10.9 Å². The normalized spacial score (nSPS) is 12.8. The summed E-state index contributed by atoms with van der Waals surface area (Å²) in [6, 6.07) is 12.0. The molecular weight excluding hydrogens is 248 g/mol. The van der Waals surface area contributed by atoms with Gasteiger partial charge in [0.15, 0.2) is 0 Å². The van der Waals surface area contributed by atoms with E-state index in [0.717, 1.165) is 34.4 Å². The number of aromatic nitrogens is 3. The summed E-state index contributed by atoms with van der Waals surface area (Å²) in [6.07, 6.45) is 1.81. The first kappa shape index (κ1) is 12.8. The molecule has 0 aliphatic rings. The molecule has 4 heteroatoms. The van der Waals surface area contributed by atoms with Gasteiger partial charge in [0.1, 0.15) is 0 Å². The topological polar surface area (TPSA) is 56.7 Å². The average molecular weight is 266 g/mol. The van der Waals surface area contributed by atoms with Crippen molar-refractivity contribution in [2.45, 2.75) is 26.4 Å². The van der Waals surface area contributed by atoms with Crippen molar-refractivity contribution in [3.8, 4) is 0 Å². The molecule has 3 aromatic rings. The monoisotopic (exact) mass is 266 g/mol. The maximum atomic E-state index is 6.47. The van der Waals surface area contributed by atoms with E-state index in [0.29, 0.717) is 0 Å². The summed E-state index contributed by atoms with van der Waals surface area (Å²) in [7, 11) is 0. The van der Waals surface area contributed by atoms with E-state index in [1.54, 1.807) is 6.20 Å². The second-order valence-electron chi connectivity index (χ2n) is 4.93. The number of aryl methyl sites for hydroxylation is 2. The second kappa shape index (κ2) is 5.06. The molecule has 3 rings (SSSR count). The van der Waals surface area contributed by atoms with Crippen LogP contribution in [0.2, 0.25) is 0 Å². The van der Waals surface area contributed by atoms with Crippen molar-refractivity contribution in [1.29, 1.82) is 0 Å². The third-order valence-corrected chi connectivity index (χ3v) is 3.55. The molecule has 2 aromatic heterocycles. The average Bonchev–Trinajstić information content (AvgIpc) is 2.87. The summed E-state index contributed by atoms with van der Waals surface area (Å²) in [4.78, 5) is 4.48. The fourth-order valence-electron chi connectivity index (χ4n) is 2.61. The van der Waals surface area contributed by atoms with Crippen LogP contribution in [-0.4, -0.2) is 14.8 Å². The highest BCUT2D eigenvalue weighted by atomic mass is 15.3. The fourth-order valence-corrected chi connectivity index (χ4v) is 2.61. The minimum absolute atomic E-state index is 0.213. The number of fused-ring (bicyclic) bond motifs is 1. The maximum Gasteiger partial charge on any atom is 0.0753 e. The van der Waals surface area contributed by atoms with Gasteiger partial charge < -0.3 is 5.73 Å². The number of hydrogen-bond donors (Lipinski definition) is 1. The molecule has 0 aliphatic carbocycles. The Morgan fingerprint density at radius 1 is 1.25 bits per heavy atom. The van der Waals surface area contributed by atoms with E-state index in [1.807, 2.05) is 29.8 Å². The van der Waals surface area contributed by atoms with E-state index < -0.39 is 0 Å². The van der Waals surface area contributed by atoms with E-state index in [1.165, 1.54) is 0 Å². The van der Waals surface area contributed by atoms with E-state index in [4.69, 9.17) is 5.73 Å². The quantitative estimate of drug-likeness (QED) is 0.793. The zero-order chi connectivity index (χ0) is 14.1. The molecular formula is C16H18N4. The fraction of sp³-hybridized carbons (Fsp3) is 0.250. The Morgan fingerprint density at radius 2 is 2.05 bits per heavy atom. The highest BCUT2D eigenvalue weighted by Crippen LogP contribution is 2.26. The highest BCUT2D eigenvalue weighted by Gasteiger charge is 2.17. The molecule has 0 saturated carbocycles. The Bertz CT molecular complexity index is 740. The van der Waals surface area contributed by atoms with E-state index in [2.05, 4.69) is 35.2 Å². The lowest BCUT2D eigenvalue weighted by atomic mass is 10.0. The van der Waals surface area contributed by atoms with Crippen LogP contribution in [0.25, 0.3) is 10.9 Å². The Labute approximate surface area is 118 Å². The number of benzene rings is 1. The maximum absolute atomic E-state index is 6.47. The lowest BCUT2D eigenvalue weighted by Crippen LogP contribution is -2.17. The van der Waals surface area contributed by atoms with Crippen LogP contribution in [-0.2, 0) is 6.54 Å². The Morgan fingerprint density at radius 3 is 2.85 bits per heavy atom. The third kappa shape index (κ3) is 2.08. The molecule has 0 bridgehead atoms. The third-order valence-electron chi connectivity index (χ3n) is 3.55. The first-order valence-corrected chi connectivity index (χ1v) is 6.84. The van der Waals surface area contributed by atoms with Gasteiger partial charge in [-0.1, -0.05) is 24.3 Å². The predicted octanol–water partition coefficient (Wildman–Crippen LogP) is 2.81. The number of para-hydroxylation sites is 1. The molecule has 1 atom stereocenters. The van der Waals surface area contributed by atoms with Crippen LogP contribution in [0.15, 0.2) is 42.6 Å². The van der Waals surface area contributed by atoms with Gasteiger partial charge in [-0.3, -0.25) is 9.67 Å². The van der Waals surface area contributed by atoms with Crippen molar-refractivity contribution in [3.63, 3.8) is 0 Å². The summed E-state index contributed by atoms with van der Waals surface area (Å²) >= 11 is 0. The molecule has 2 heterocycles. The molecule has 0 amide bonds. The number of pyridine rings is 1. The Hall–Kier alpha value is -2.20. The Kier molecular flexibility index (Phi) is 3.24. The molecule has 1 unspecified atom stereocenters. The molecule has 0 spiro atoms. The van der Waals surface area contributed by atoms with Crippen molar-refractivity contribution in [1.82, 2.24) is 14.8 Å². The van der Waals surface area contributed by atoms with Gasteiger partial charge in [0.25, 0.3) is 0 Å².